The summed E-state index contributed by atoms with van der Waals surface area (Å²) in [5.74, 6) is 1.78. The van der Waals surface area contributed by atoms with E-state index in [-0.39, 0.29) is 17.9 Å². The summed E-state index contributed by atoms with van der Waals surface area (Å²) in [7, 11) is 0. The predicted molar refractivity (Wildman–Crippen MR) is 113 cm³/mol. The second-order valence-corrected chi connectivity index (χ2v) is 8.11. The van der Waals surface area contributed by atoms with E-state index in [9.17, 15) is 4.79 Å². The summed E-state index contributed by atoms with van der Waals surface area (Å²) in [6, 6.07) is 14.4. The first-order valence-corrected chi connectivity index (χ1v) is 10.6. The smallest absolute Gasteiger partial charge is 0.223 e. The number of ether oxygens (including phenoxy) is 2. The van der Waals surface area contributed by atoms with Crippen molar-refractivity contribution in [1.82, 2.24) is 10.2 Å². The maximum absolute atomic E-state index is 12.8. The van der Waals surface area contributed by atoms with E-state index in [1.165, 1.54) is 11.1 Å². The lowest BCUT2D eigenvalue weighted by Crippen LogP contribution is -2.41. The maximum Gasteiger partial charge on any atom is 0.223 e. The van der Waals surface area contributed by atoms with Crippen LogP contribution in [0.25, 0.3) is 0 Å². The molecule has 5 nitrogen and oxygen atoms in total. The number of carbonyl (C=O) groups excluding carboxylic acids is 1. The molecule has 0 aliphatic carbocycles. The van der Waals surface area contributed by atoms with Gasteiger partial charge in [-0.15, -0.1) is 0 Å². The Kier molecular flexibility index (Phi) is 6.05. The quantitative estimate of drug-likeness (QED) is 0.837. The van der Waals surface area contributed by atoms with Crippen LogP contribution in [0.3, 0.4) is 0 Å². The molecule has 0 bridgehead atoms. The summed E-state index contributed by atoms with van der Waals surface area (Å²) in [6.07, 6.45) is 1.82. The number of amides is 1. The van der Waals surface area contributed by atoms with Crippen molar-refractivity contribution in [2.75, 3.05) is 26.3 Å². The van der Waals surface area contributed by atoms with Crippen molar-refractivity contribution in [2.45, 2.75) is 39.3 Å². The van der Waals surface area contributed by atoms with Gasteiger partial charge < -0.3 is 14.8 Å². The number of hydrogen-bond donors (Lipinski definition) is 1. The molecule has 0 unspecified atom stereocenters. The predicted octanol–water partition coefficient (Wildman–Crippen LogP) is 3.86. The average Bonchev–Trinajstić information content (AvgIpc) is 2.75. The molecule has 29 heavy (non-hydrogen) atoms. The molecule has 2 aromatic rings. The highest BCUT2D eigenvalue weighted by Crippen LogP contribution is 2.32. The summed E-state index contributed by atoms with van der Waals surface area (Å²) >= 11 is 0. The Labute approximate surface area is 173 Å². The molecule has 2 aliphatic heterocycles. The van der Waals surface area contributed by atoms with Gasteiger partial charge in [-0.05, 0) is 68.6 Å². The second-order valence-electron chi connectivity index (χ2n) is 8.11. The molecule has 154 valence electrons. The Morgan fingerprint density at radius 1 is 1.10 bits per heavy atom. The van der Waals surface area contributed by atoms with Gasteiger partial charge in [0, 0.05) is 12.5 Å². The summed E-state index contributed by atoms with van der Waals surface area (Å²) in [5, 5.41) is 3.19. The fraction of sp³-hybridized carbons (Fsp3) is 0.458. The van der Waals surface area contributed by atoms with Gasteiger partial charge in [-0.3, -0.25) is 9.69 Å². The minimum Gasteiger partial charge on any atom is -0.486 e. The zero-order valence-corrected chi connectivity index (χ0v) is 17.3. The number of aryl methyl sites for hydroxylation is 1. The van der Waals surface area contributed by atoms with Gasteiger partial charge in [0.25, 0.3) is 0 Å². The molecule has 0 saturated carbocycles. The van der Waals surface area contributed by atoms with Crippen LogP contribution in [0.4, 0.5) is 0 Å². The minimum absolute atomic E-state index is 0.0525. The normalized spacial score (nSPS) is 18.3. The topological polar surface area (TPSA) is 50.8 Å². The third-order valence-electron chi connectivity index (χ3n) is 6.04. The van der Waals surface area contributed by atoms with Crippen molar-refractivity contribution in [1.29, 1.82) is 0 Å². The molecule has 1 saturated heterocycles. The van der Waals surface area contributed by atoms with Crippen LogP contribution in [0, 0.1) is 12.8 Å². The van der Waals surface area contributed by atoms with E-state index in [1.54, 1.807) is 0 Å². The number of hydrogen-bond acceptors (Lipinski definition) is 4. The van der Waals surface area contributed by atoms with Crippen LogP contribution in [0.1, 0.15) is 42.5 Å². The summed E-state index contributed by atoms with van der Waals surface area (Å²) in [4.78, 5) is 15.3. The van der Waals surface area contributed by atoms with Gasteiger partial charge in [0.15, 0.2) is 11.5 Å². The van der Waals surface area contributed by atoms with Gasteiger partial charge in [-0.25, -0.2) is 0 Å². The molecule has 0 aromatic heterocycles. The number of likely N-dealkylation sites (tertiary alicyclic amines) is 1. The minimum atomic E-state index is -0.0525. The van der Waals surface area contributed by atoms with Crippen molar-refractivity contribution in [2.24, 2.45) is 5.92 Å². The van der Waals surface area contributed by atoms with Crippen LogP contribution in [0.2, 0.25) is 0 Å². The molecule has 4 rings (SSSR count). The van der Waals surface area contributed by atoms with Crippen LogP contribution in [0.15, 0.2) is 42.5 Å². The van der Waals surface area contributed by atoms with Gasteiger partial charge in [0.05, 0.1) is 6.04 Å². The first-order chi connectivity index (χ1) is 14.1. The van der Waals surface area contributed by atoms with Gasteiger partial charge in [-0.1, -0.05) is 30.3 Å². The SMILES string of the molecule is Cc1ccccc1CN1CCC(C(=O)N[C@H](C)c2ccc3c(c2)OCCO3)CC1. The summed E-state index contributed by atoms with van der Waals surface area (Å²) in [6.45, 7) is 8.23. The van der Waals surface area contributed by atoms with Crippen LogP contribution in [0.5, 0.6) is 11.5 Å². The molecule has 2 heterocycles. The molecule has 1 fully saturated rings. The highest BCUT2D eigenvalue weighted by atomic mass is 16.6. The van der Waals surface area contributed by atoms with Crippen molar-refractivity contribution in [3.8, 4) is 11.5 Å². The lowest BCUT2D eigenvalue weighted by Gasteiger charge is -2.32. The molecule has 5 heteroatoms. The van der Waals surface area contributed by atoms with Crippen molar-refractivity contribution in [3.63, 3.8) is 0 Å². The van der Waals surface area contributed by atoms with Crippen molar-refractivity contribution < 1.29 is 14.3 Å². The zero-order valence-electron chi connectivity index (χ0n) is 17.3. The molecule has 2 aromatic carbocycles. The van der Waals surface area contributed by atoms with E-state index in [0.717, 1.165) is 49.5 Å². The monoisotopic (exact) mass is 394 g/mol. The van der Waals surface area contributed by atoms with Crippen LogP contribution >= 0.6 is 0 Å². The number of nitrogens with one attached hydrogen (secondary N) is 1. The number of rotatable bonds is 5. The Morgan fingerprint density at radius 3 is 2.59 bits per heavy atom. The summed E-state index contributed by atoms with van der Waals surface area (Å²) in [5.41, 5.74) is 3.75. The molecule has 1 amide bonds. The Hall–Kier alpha value is -2.53. The van der Waals surface area contributed by atoms with Gasteiger partial charge >= 0.3 is 0 Å². The molecule has 2 aliphatic rings. The van der Waals surface area contributed by atoms with E-state index in [1.807, 2.05) is 25.1 Å². The van der Waals surface area contributed by atoms with Gasteiger partial charge in [-0.2, -0.15) is 0 Å². The van der Waals surface area contributed by atoms with E-state index in [4.69, 9.17) is 9.47 Å². The lowest BCUT2D eigenvalue weighted by atomic mass is 9.94. The highest BCUT2D eigenvalue weighted by Gasteiger charge is 2.26. The Morgan fingerprint density at radius 2 is 1.83 bits per heavy atom. The van der Waals surface area contributed by atoms with E-state index in [2.05, 4.69) is 41.4 Å². The first kappa shape index (κ1) is 19.8. The highest BCUT2D eigenvalue weighted by molar-refractivity contribution is 5.79. The first-order valence-electron chi connectivity index (χ1n) is 10.6. The fourth-order valence-electron chi connectivity index (χ4n) is 4.13. The molecule has 0 spiro atoms. The summed E-state index contributed by atoms with van der Waals surface area (Å²) < 4.78 is 11.2. The van der Waals surface area contributed by atoms with Crippen molar-refractivity contribution in [3.05, 3.63) is 59.2 Å². The van der Waals surface area contributed by atoms with Gasteiger partial charge in [0.2, 0.25) is 5.91 Å². The molecule has 0 radical (unpaired) electrons. The number of benzene rings is 2. The van der Waals surface area contributed by atoms with E-state index in [0.29, 0.717) is 13.2 Å². The molecular formula is C24H30N2O3. The third kappa shape index (κ3) is 4.73. The Balaban J connectivity index is 1.29. The number of piperidine rings is 1. The van der Waals surface area contributed by atoms with Crippen LogP contribution in [-0.4, -0.2) is 37.1 Å². The number of fused-ring (bicyclic) bond motifs is 1. The maximum atomic E-state index is 12.8. The van der Waals surface area contributed by atoms with Crippen molar-refractivity contribution >= 4 is 5.91 Å². The lowest BCUT2D eigenvalue weighted by molar-refractivity contribution is -0.127. The van der Waals surface area contributed by atoms with Crippen LogP contribution in [-0.2, 0) is 11.3 Å². The molecular weight excluding hydrogens is 364 g/mol. The van der Waals surface area contributed by atoms with Crippen LogP contribution < -0.4 is 14.8 Å². The molecule has 1 atom stereocenters. The average molecular weight is 395 g/mol. The zero-order chi connectivity index (χ0) is 20.2. The standard InChI is InChI=1S/C24H30N2O3/c1-17-5-3-4-6-21(17)16-26-11-9-19(10-12-26)24(27)25-18(2)20-7-8-22-23(15-20)29-14-13-28-22/h3-8,15,18-19H,9-14,16H2,1-2H3,(H,25,27)/t18-/m1/s1. The van der Waals surface area contributed by atoms with E-state index < -0.39 is 0 Å². The molecule has 1 N–H and O–H groups in total. The number of carbonyl (C=O) groups is 1. The fourth-order valence-corrected chi connectivity index (χ4v) is 4.13. The van der Waals surface area contributed by atoms with Gasteiger partial charge in [0.1, 0.15) is 13.2 Å². The van der Waals surface area contributed by atoms with E-state index >= 15 is 0 Å². The second kappa shape index (κ2) is 8.87. The third-order valence-corrected chi connectivity index (χ3v) is 6.04. The number of nitrogens with zero attached hydrogens (tertiary/aromatic N) is 1. The Bertz CT molecular complexity index is 859. The largest absolute Gasteiger partial charge is 0.486 e.